The number of para-hydroxylation sites is 3. The highest BCUT2D eigenvalue weighted by molar-refractivity contribution is 6.16. The zero-order chi connectivity index (χ0) is 31.1. The number of nitrogens with zero attached hydrogens (tertiary/aromatic N) is 2. The number of aromatic nitrogens is 1. The van der Waals surface area contributed by atoms with Crippen molar-refractivity contribution in [2.24, 2.45) is 0 Å². The molecule has 0 spiro atoms. The van der Waals surface area contributed by atoms with E-state index >= 15 is 0 Å². The minimum atomic E-state index is 0.622. The predicted molar refractivity (Wildman–Crippen MR) is 191 cm³/mol. The molecular weight excluding hydrogens is 576 g/mol. The van der Waals surface area contributed by atoms with Gasteiger partial charge < -0.3 is 13.4 Å². The van der Waals surface area contributed by atoms with Crippen LogP contribution >= 0.6 is 0 Å². The predicted octanol–water partition coefficient (Wildman–Crippen LogP) is 11.8. The molecule has 0 amide bonds. The summed E-state index contributed by atoms with van der Waals surface area (Å²) in [4.78, 5) is 0. The zero-order valence-electron chi connectivity index (χ0n) is 25.1. The van der Waals surface area contributed by atoms with Gasteiger partial charge in [0.05, 0.1) is 28.4 Å². The van der Waals surface area contributed by atoms with Crippen molar-refractivity contribution in [1.82, 2.24) is 4.57 Å². The van der Waals surface area contributed by atoms with Crippen LogP contribution in [0.25, 0.3) is 93.6 Å². The van der Waals surface area contributed by atoms with Crippen molar-refractivity contribution in [3.63, 3.8) is 0 Å². The summed E-state index contributed by atoms with van der Waals surface area (Å²) in [5.41, 5.74) is 11.4. The number of benzene rings is 7. The zero-order valence-corrected chi connectivity index (χ0v) is 25.1. The van der Waals surface area contributed by atoms with Crippen LogP contribution in [0, 0.1) is 11.3 Å². The summed E-state index contributed by atoms with van der Waals surface area (Å²) < 4.78 is 15.3. The van der Waals surface area contributed by atoms with Crippen LogP contribution in [-0.2, 0) is 0 Å². The van der Waals surface area contributed by atoms with Gasteiger partial charge in [-0.25, -0.2) is 0 Å². The van der Waals surface area contributed by atoms with Crippen molar-refractivity contribution in [2.75, 3.05) is 0 Å². The molecule has 0 bridgehead atoms. The molecule has 0 saturated heterocycles. The van der Waals surface area contributed by atoms with Crippen molar-refractivity contribution in [1.29, 1.82) is 5.26 Å². The first-order chi connectivity index (χ1) is 23.2. The van der Waals surface area contributed by atoms with Crippen molar-refractivity contribution in [3.8, 4) is 34.0 Å². The summed E-state index contributed by atoms with van der Waals surface area (Å²) in [6.45, 7) is 0. The summed E-state index contributed by atoms with van der Waals surface area (Å²) >= 11 is 0. The topological polar surface area (TPSA) is 55.0 Å². The highest BCUT2D eigenvalue weighted by atomic mass is 16.3. The quantitative estimate of drug-likeness (QED) is 0.203. The summed E-state index contributed by atoms with van der Waals surface area (Å²) in [7, 11) is 0. The maximum atomic E-state index is 9.77. The molecule has 0 atom stereocenters. The fourth-order valence-electron chi connectivity index (χ4n) is 7.27. The maximum absolute atomic E-state index is 9.77. The molecule has 47 heavy (non-hydrogen) atoms. The lowest BCUT2D eigenvalue weighted by atomic mass is 9.95. The van der Waals surface area contributed by atoms with Gasteiger partial charge in [-0.1, -0.05) is 91.0 Å². The lowest BCUT2D eigenvalue weighted by Gasteiger charge is -2.08. The van der Waals surface area contributed by atoms with Crippen LogP contribution in [0.15, 0.2) is 154 Å². The fourth-order valence-corrected chi connectivity index (χ4v) is 7.27. The van der Waals surface area contributed by atoms with E-state index in [1.165, 1.54) is 0 Å². The first kappa shape index (κ1) is 25.7. The molecule has 0 N–H and O–H groups in total. The highest BCUT2D eigenvalue weighted by Crippen LogP contribution is 2.43. The van der Waals surface area contributed by atoms with Gasteiger partial charge in [-0.3, -0.25) is 0 Å². The monoisotopic (exact) mass is 600 g/mol. The molecule has 0 radical (unpaired) electrons. The Morgan fingerprint density at radius 2 is 1.19 bits per heavy atom. The second-order valence-electron chi connectivity index (χ2n) is 12.0. The van der Waals surface area contributed by atoms with Crippen LogP contribution in [0.3, 0.4) is 0 Å². The van der Waals surface area contributed by atoms with Crippen LogP contribution in [0.1, 0.15) is 5.56 Å². The molecular formula is C43H24N2O2. The SMILES string of the molecule is N#Cc1ccc2c3ccccc3n(-c3cccc4c3oc3c(-c5ccccc5)cc(-c5ccc6oc7ccccc7c6c5)cc34)c2c1. The second kappa shape index (κ2) is 9.71. The standard InChI is InChI=1S/C43H24N2O2/c44-25-26-17-19-31-30-11-4-6-14-37(30)45(39(31)21-26)38-15-8-13-33-36-24-29(23-34(42(36)47-43(33)38)27-9-2-1-3-10-27)28-18-20-41-35(22-28)32-12-5-7-16-40(32)46-41/h1-24H. The third-order valence-corrected chi connectivity index (χ3v) is 9.42. The van der Waals surface area contributed by atoms with Crippen molar-refractivity contribution >= 4 is 65.7 Å². The average molecular weight is 601 g/mol. The van der Waals surface area contributed by atoms with E-state index in [1.54, 1.807) is 0 Å². The first-order valence-electron chi connectivity index (χ1n) is 15.7. The largest absolute Gasteiger partial charge is 0.456 e. The van der Waals surface area contributed by atoms with E-state index in [0.29, 0.717) is 5.56 Å². The van der Waals surface area contributed by atoms with E-state index in [9.17, 15) is 5.26 Å². The molecule has 3 heterocycles. The minimum Gasteiger partial charge on any atom is -0.456 e. The molecule has 7 aromatic carbocycles. The third kappa shape index (κ3) is 3.75. The number of hydrogen-bond donors (Lipinski definition) is 0. The first-order valence-corrected chi connectivity index (χ1v) is 15.7. The minimum absolute atomic E-state index is 0.622. The van der Waals surface area contributed by atoms with Crippen molar-refractivity contribution in [3.05, 3.63) is 151 Å². The van der Waals surface area contributed by atoms with Crippen LogP contribution in [-0.4, -0.2) is 4.57 Å². The molecule has 0 saturated carbocycles. The maximum Gasteiger partial charge on any atom is 0.159 e. The van der Waals surface area contributed by atoms with E-state index in [-0.39, 0.29) is 0 Å². The van der Waals surface area contributed by atoms with Crippen LogP contribution in [0.2, 0.25) is 0 Å². The number of nitriles is 1. The molecule has 0 unspecified atom stereocenters. The van der Waals surface area contributed by atoms with Gasteiger partial charge in [-0.15, -0.1) is 0 Å². The highest BCUT2D eigenvalue weighted by Gasteiger charge is 2.21. The van der Waals surface area contributed by atoms with E-state index in [0.717, 1.165) is 93.6 Å². The second-order valence-corrected chi connectivity index (χ2v) is 12.0. The molecule has 4 heteroatoms. The summed E-state index contributed by atoms with van der Waals surface area (Å²) in [5, 5.41) is 16.3. The Labute approximate surface area is 268 Å². The average Bonchev–Trinajstić information content (AvgIpc) is 3.80. The number of furan rings is 2. The molecule has 3 aromatic heterocycles. The van der Waals surface area contributed by atoms with Gasteiger partial charge in [0, 0.05) is 37.9 Å². The Bertz CT molecular complexity index is 2920. The smallest absolute Gasteiger partial charge is 0.159 e. The fraction of sp³-hybridized carbons (Fsp3) is 0. The van der Waals surface area contributed by atoms with E-state index < -0.39 is 0 Å². The molecule has 0 aliphatic heterocycles. The van der Waals surface area contributed by atoms with Gasteiger partial charge in [0.25, 0.3) is 0 Å². The van der Waals surface area contributed by atoms with Gasteiger partial charge in [-0.2, -0.15) is 5.26 Å². The molecule has 0 aliphatic carbocycles. The third-order valence-electron chi connectivity index (χ3n) is 9.42. The molecule has 218 valence electrons. The van der Waals surface area contributed by atoms with Crippen LogP contribution in [0.4, 0.5) is 0 Å². The molecule has 10 aromatic rings. The van der Waals surface area contributed by atoms with Gasteiger partial charge in [0.15, 0.2) is 5.58 Å². The van der Waals surface area contributed by atoms with Gasteiger partial charge >= 0.3 is 0 Å². The summed E-state index contributed by atoms with van der Waals surface area (Å²) in [6.07, 6.45) is 0. The lowest BCUT2D eigenvalue weighted by molar-refractivity contribution is 0.667. The normalized spacial score (nSPS) is 11.8. The Kier molecular flexibility index (Phi) is 5.32. The summed E-state index contributed by atoms with van der Waals surface area (Å²) in [6, 6.07) is 52.5. The Morgan fingerprint density at radius 1 is 0.447 bits per heavy atom. The number of rotatable bonds is 3. The number of hydrogen-bond acceptors (Lipinski definition) is 3. The van der Waals surface area contributed by atoms with Crippen LogP contribution < -0.4 is 0 Å². The molecule has 0 aliphatic rings. The number of fused-ring (bicyclic) bond motifs is 9. The Balaban J connectivity index is 1.28. The van der Waals surface area contributed by atoms with Gasteiger partial charge in [-0.05, 0) is 71.3 Å². The van der Waals surface area contributed by atoms with Crippen molar-refractivity contribution < 1.29 is 8.83 Å². The van der Waals surface area contributed by atoms with E-state index in [2.05, 4.69) is 120 Å². The van der Waals surface area contributed by atoms with Gasteiger partial charge in [0.1, 0.15) is 16.7 Å². The van der Waals surface area contributed by atoms with Gasteiger partial charge in [0.2, 0.25) is 0 Å². The Morgan fingerprint density at radius 3 is 2.09 bits per heavy atom. The van der Waals surface area contributed by atoms with Crippen LogP contribution in [0.5, 0.6) is 0 Å². The Hall–Kier alpha value is -6.57. The lowest BCUT2D eigenvalue weighted by Crippen LogP contribution is -1.94. The van der Waals surface area contributed by atoms with E-state index in [1.807, 2.05) is 36.4 Å². The summed E-state index contributed by atoms with van der Waals surface area (Å²) in [5.74, 6) is 0. The molecule has 4 nitrogen and oxygen atoms in total. The molecule has 10 rings (SSSR count). The van der Waals surface area contributed by atoms with Crippen molar-refractivity contribution in [2.45, 2.75) is 0 Å². The van der Waals surface area contributed by atoms with E-state index in [4.69, 9.17) is 8.83 Å². The molecule has 0 fully saturated rings.